The van der Waals surface area contributed by atoms with Gasteiger partial charge in [0.05, 0.1) is 10.9 Å². The van der Waals surface area contributed by atoms with E-state index in [0.717, 1.165) is 10.6 Å². The summed E-state index contributed by atoms with van der Waals surface area (Å²) < 4.78 is 0. The van der Waals surface area contributed by atoms with Gasteiger partial charge in [0.15, 0.2) is 0 Å². The summed E-state index contributed by atoms with van der Waals surface area (Å²) in [5.41, 5.74) is 1.83. The van der Waals surface area contributed by atoms with Crippen LogP contribution in [0, 0.1) is 0 Å². The van der Waals surface area contributed by atoms with Crippen molar-refractivity contribution in [3.63, 3.8) is 0 Å². The lowest BCUT2D eigenvalue weighted by molar-refractivity contribution is -0.115. The Morgan fingerprint density at radius 1 is 1.27 bits per heavy atom. The smallest absolute Gasteiger partial charge is 0.255 e. The van der Waals surface area contributed by atoms with Gasteiger partial charge in [0.2, 0.25) is 5.91 Å². The van der Waals surface area contributed by atoms with Gasteiger partial charge in [-0.15, -0.1) is 11.8 Å². The van der Waals surface area contributed by atoms with Crippen molar-refractivity contribution in [1.29, 1.82) is 0 Å². The molecule has 4 nitrogen and oxygen atoms in total. The highest BCUT2D eigenvalue weighted by Gasteiger charge is 2.23. The molecule has 6 heteroatoms. The number of carbonyl (C=O) groups excluding carboxylic acids is 2. The number of rotatable bonds is 2. The predicted octanol–water partition coefficient (Wildman–Crippen LogP) is 4.03. The molecule has 1 aliphatic rings. The van der Waals surface area contributed by atoms with Crippen molar-refractivity contribution >= 4 is 46.6 Å². The van der Waals surface area contributed by atoms with Crippen LogP contribution in [0.1, 0.15) is 17.3 Å². The topological polar surface area (TPSA) is 58.2 Å². The molecule has 2 aromatic carbocycles. The summed E-state index contributed by atoms with van der Waals surface area (Å²) in [5.74, 6) is -0.276. The second-order valence-corrected chi connectivity index (χ2v) is 6.74. The number of hydrogen-bond donors (Lipinski definition) is 2. The van der Waals surface area contributed by atoms with Crippen LogP contribution in [-0.2, 0) is 4.79 Å². The van der Waals surface area contributed by atoms with Crippen molar-refractivity contribution in [2.45, 2.75) is 17.1 Å². The second-order valence-electron chi connectivity index (χ2n) is 4.92. The molecule has 1 unspecified atom stereocenters. The Balaban J connectivity index is 1.80. The number of fused-ring (bicyclic) bond motifs is 1. The van der Waals surface area contributed by atoms with E-state index < -0.39 is 0 Å². The van der Waals surface area contributed by atoms with Crippen molar-refractivity contribution in [2.75, 3.05) is 10.6 Å². The van der Waals surface area contributed by atoms with Crippen LogP contribution in [0.15, 0.2) is 47.4 Å². The van der Waals surface area contributed by atoms with E-state index in [1.165, 1.54) is 11.8 Å². The first-order valence-corrected chi connectivity index (χ1v) is 7.97. The van der Waals surface area contributed by atoms with E-state index in [1.807, 2.05) is 19.1 Å². The number of hydrogen-bond acceptors (Lipinski definition) is 3. The molecule has 1 heterocycles. The number of benzene rings is 2. The molecule has 2 N–H and O–H groups in total. The van der Waals surface area contributed by atoms with Gasteiger partial charge in [0.25, 0.3) is 5.91 Å². The zero-order valence-corrected chi connectivity index (χ0v) is 13.3. The third-order valence-electron chi connectivity index (χ3n) is 3.26. The third-order valence-corrected chi connectivity index (χ3v) is 4.67. The second kappa shape index (κ2) is 6.02. The van der Waals surface area contributed by atoms with Gasteiger partial charge in [0, 0.05) is 21.2 Å². The quantitative estimate of drug-likeness (QED) is 0.873. The summed E-state index contributed by atoms with van der Waals surface area (Å²) in [6.45, 7) is 1.86. The molecular formula is C16H13ClN2O2S. The molecular weight excluding hydrogens is 320 g/mol. The lowest BCUT2D eigenvalue weighted by atomic mass is 10.2. The molecule has 2 amide bonds. The molecule has 0 fully saturated rings. The average Bonchev–Trinajstić information content (AvgIpc) is 2.49. The van der Waals surface area contributed by atoms with Crippen LogP contribution in [0.4, 0.5) is 11.4 Å². The number of amides is 2. The van der Waals surface area contributed by atoms with Crippen LogP contribution in [0.5, 0.6) is 0 Å². The first-order valence-electron chi connectivity index (χ1n) is 6.71. The van der Waals surface area contributed by atoms with Crippen LogP contribution >= 0.6 is 23.4 Å². The van der Waals surface area contributed by atoms with Crippen LogP contribution in [-0.4, -0.2) is 17.1 Å². The molecule has 0 saturated heterocycles. The number of anilines is 2. The summed E-state index contributed by atoms with van der Waals surface area (Å²) in [4.78, 5) is 24.9. The first kappa shape index (κ1) is 14.9. The Kier molecular flexibility index (Phi) is 4.09. The molecule has 0 radical (unpaired) electrons. The summed E-state index contributed by atoms with van der Waals surface area (Å²) in [6, 6.07) is 12.2. The van der Waals surface area contributed by atoms with Gasteiger partial charge in [0.1, 0.15) is 0 Å². The molecule has 0 bridgehead atoms. The van der Waals surface area contributed by atoms with Crippen molar-refractivity contribution in [1.82, 2.24) is 0 Å². The number of nitrogens with one attached hydrogen (secondary N) is 2. The molecule has 0 saturated carbocycles. The number of halogens is 1. The van der Waals surface area contributed by atoms with Crippen molar-refractivity contribution < 1.29 is 9.59 Å². The number of thioether (sulfide) groups is 1. The highest BCUT2D eigenvalue weighted by Crippen LogP contribution is 2.37. The summed E-state index contributed by atoms with van der Waals surface area (Å²) in [6.07, 6.45) is 0. The largest absolute Gasteiger partial charge is 0.324 e. The zero-order chi connectivity index (χ0) is 15.7. The molecule has 0 spiro atoms. The third kappa shape index (κ3) is 3.10. The highest BCUT2D eigenvalue weighted by molar-refractivity contribution is 8.00. The van der Waals surface area contributed by atoms with E-state index in [1.54, 1.807) is 30.3 Å². The van der Waals surface area contributed by atoms with Gasteiger partial charge in [-0.3, -0.25) is 9.59 Å². The normalized spacial score (nSPS) is 16.6. The summed E-state index contributed by atoms with van der Waals surface area (Å²) in [5, 5.41) is 6.04. The van der Waals surface area contributed by atoms with E-state index in [4.69, 9.17) is 11.6 Å². The van der Waals surface area contributed by atoms with E-state index in [-0.39, 0.29) is 17.1 Å². The molecule has 1 atom stereocenters. The fourth-order valence-electron chi connectivity index (χ4n) is 2.12. The standard InChI is InChI=1S/C16H13ClN2O2S/c1-9-15(20)19-13-8-12(5-6-14(13)22-9)18-16(21)10-3-2-4-11(17)7-10/h2-9H,1H3,(H,18,21)(H,19,20). The molecule has 0 aliphatic carbocycles. The van der Waals surface area contributed by atoms with Gasteiger partial charge in [-0.1, -0.05) is 17.7 Å². The lowest BCUT2D eigenvalue weighted by Crippen LogP contribution is -2.26. The number of carbonyl (C=O) groups is 2. The van der Waals surface area contributed by atoms with E-state index >= 15 is 0 Å². The Morgan fingerprint density at radius 2 is 2.09 bits per heavy atom. The lowest BCUT2D eigenvalue weighted by Gasteiger charge is -2.22. The van der Waals surface area contributed by atoms with E-state index in [2.05, 4.69) is 10.6 Å². The van der Waals surface area contributed by atoms with Gasteiger partial charge < -0.3 is 10.6 Å². The fraction of sp³-hybridized carbons (Fsp3) is 0.125. The molecule has 22 heavy (non-hydrogen) atoms. The van der Waals surface area contributed by atoms with Gasteiger partial charge in [-0.05, 0) is 43.3 Å². The Bertz CT molecular complexity index is 764. The van der Waals surface area contributed by atoms with Gasteiger partial charge >= 0.3 is 0 Å². The summed E-state index contributed by atoms with van der Waals surface area (Å²) in [7, 11) is 0. The van der Waals surface area contributed by atoms with Crippen molar-refractivity contribution in [3.05, 3.63) is 53.1 Å². The minimum Gasteiger partial charge on any atom is -0.324 e. The van der Waals surface area contributed by atoms with Crippen molar-refractivity contribution in [2.24, 2.45) is 0 Å². The maximum atomic E-state index is 12.2. The Labute approximate surface area is 137 Å². The Hall–Kier alpha value is -1.98. The maximum Gasteiger partial charge on any atom is 0.255 e. The fourth-order valence-corrected chi connectivity index (χ4v) is 3.24. The summed E-state index contributed by atoms with van der Waals surface area (Å²) >= 11 is 7.39. The maximum absolute atomic E-state index is 12.2. The molecule has 3 rings (SSSR count). The Morgan fingerprint density at radius 3 is 2.86 bits per heavy atom. The van der Waals surface area contributed by atoms with E-state index in [0.29, 0.717) is 16.3 Å². The van der Waals surface area contributed by atoms with Crippen molar-refractivity contribution in [3.8, 4) is 0 Å². The first-order chi connectivity index (χ1) is 10.5. The predicted molar refractivity (Wildman–Crippen MR) is 89.8 cm³/mol. The minimum absolute atomic E-state index is 0.0317. The molecule has 112 valence electrons. The van der Waals surface area contributed by atoms with E-state index in [9.17, 15) is 9.59 Å². The average molecular weight is 333 g/mol. The van der Waals surface area contributed by atoms with Gasteiger partial charge in [-0.2, -0.15) is 0 Å². The molecule has 1 aliphatic heterocycles. The van der Waals surface area contributed by atoms with Crippen LogP contribution < -0.4 is 10.6 Å². The molecule has 2 aromatic rings. The van der Waals surface area contributed by atoms with Crippen LogP contribution in [0.25, 0.3) is 0 Å². The van der Waals surface area contributed by atoms with Crippen LogP contribution in [0.2, 0.25) is 5.02 Å². The monoisotopic (exact) mass is 332 g/mol. The SMILES string of the molecule is CC1Sc2ccc(NC(=O)c3cccc(Cl)c3)cc2NC1=O. The van der Waals surface area contributed by atoms with Crippen LogP contribution in [0.3, 0.4) is 0 Å². The molecule has 0 aromatic heterocycles. The zero-order valence-electron chi connectivity index (χ0n) is 11.7. The highest BCUT2D eigenvalue weighted by atomic mass is 35.5. The minimum atomic E-state index is -0.245. The van der Waals surface area contributed by atoms with Gasteiger partial charge in [-0.25, -0.2) is 0 Å².